The number of esters is 1. The van der Waals surface area contributed by atoms with Gasteiger partial charge in [-0.1, -0.05) is 0 Å². The SMILES string of the molecule is COc1cc(OC)cc(C(=O)OC(C)C(=O)N2CCc3sccc3C2)c1. The van der Waals surface area contributed by atoms with Gasteiger partial charge in [-0.15, -0.1) is 11.3 Å². The first-order valence-electron chi connectivity index (χ1n) is 8.30. The fraction of sp³-hybridized carbons (Fsp3) is 0.368. The topological polar surface area (TPSA) is 65.1 Å². The van der Waals surface area contributed by atoms with E-state index in [2.05, 4.69) is 0 Å². The average Bonchev–Trinajstić information content (AvgIpc) is 3.14. The molecule has 0 aliphatic carbocycles. The molecule has 1 aliphatic heterocycles. The lowest BCUT2D eigenvalue weighted by atomic mass is 10.1. The number of carbonyl (C=O) groups excluding carboxylic acids is 2. The standard InChI is InChI=1S/C19H21NO5S/c1-12(18(21)20-6-4-17-13(11-20)5-7-26-17)25-19(22)14-8-15(23-2)10-16(9-14)24-3/h5,7-10,12H,4,6,11H2,1-3H3. The van der Waals surface area contributed by atoms with E-state index in [4.69, 9.17) is 14.2 Å². The van der Waals surface area contributed by atoms with Gasteiger partial charge in [0.15, 0.2) is 6.10 Å². The van der Waals surface area contributed by atoms with Gasteiger partial charge in [-0.2, -0.15) is 0 Å². The molecule has 0 saturated heterocycles. The van der Waals surface area contributed by atoms with Crippen LogP contribution < -0.4 is 9.47 Å². The normalized spacial score (nSPS) is 14.3. The zero-order chi connectivity index (χ0) is 18.7. The van der Waals surface area contributed by atoms with Gasteiger partial charge in [-0.3, -0.25) is 4.79 Å². The second-order valence-electron chi connectivity index (χ2n) is 6.03. The summed E-state index contributed by atoms with van der Waals surface area (Å²) < 4.78 is 15.7. The fourth-order valence-electron chi connectivity index (χ4n) is 2.90. The van der Waals surface area contributed by atoms with Gasteiger partial charge in [0.1, 0.15) is 11.5 Å². The summed E-state index contributed by atoms with van der Waals surface area (Å²) in [5.74, 6) is 0.189. The highest BCUT2D eigenvalue weighted by atomic mass is 32.1. The molecule has 1 amide bonds. The smallest absolute Gasteiger partial charge is 0.339 e. The van der Waals surface area contributed by atoms with Gasteiger partial charge in [0.2, 0.25) is 0 Å². The second kappa shape index (κ2) is 7.78. The molecule has 2 heterocycles. The largest absolute Gasteiger partial charge is 0.497 e. The number of carbonyl (C=O) groups is 2. The van der Waals surface area contributed by atoms with E-state index in [1.807, 2.05) is 11.4 Å². The average molecular weight is 375 g/mol. The monoisotopic (exact) mass is 375 g/mol. The van der Waals surface area contributed by atoms with Crippen LogP contribution >= 0.6 is 11.3 Å². The van der Waals surface area contributed by atoms with Crippen molar-refractivity contribution in [1.29, 1.82) is 0 Å². The molecule has 1 atom stereocenters. The van der Waals surface area contributed by atoms with Crippen LogP contribution in [0.5, 0.6) is 11.5 Å². The Morgan fingerprint density at radius 2 is 1.85 bits per heavy atom. The first-order valence-corrected chi connectivity index (χ1v) is 9.18. The molecular formula is C19H21NO5S. The number of hydrogen-bond acceptors (Lipinski definition) is 6. The third-order valence-corrected chi connectivity index (χ3v) is 5.36. The lowest BCUT2D eigenvalue weighted by molar-refractivity contribution is -0.140. The Bertz CT molecular complexity index is 794. The van der Waals surface area contributed by atoms with Crippen LogP contribution in [0, 0.1) is 0 Å². The third-order valence-electron chi connectivity index (χ3n) is 4.34. The summed E-state index contributed by atoms with van der Waals surface area (Å²) in [5.41, 5.74) is 1.45. The van der Waals surface area contributed by atoms with Crippen LogP contribution in [0.25, 0.3) is 0 Å². The molecule has 1 unspecified atom stereocenters. The highest BCUT2D eigenvalue weighted by Gasteiger charge is 2.28. The molecule has 2 aromatic rings. The Balaban J connectivity index is 1.67. The van der Waals surface area contributed by atoms with Crippen molar-refractivity contribution < 1.29 is 23.8 Å². The van der Waals surface area contributed by atoms with Crippen molar-refractivity contribution >= 4 is 23.2 Å². The molecule has 0 N–H and O–H groups in total. The molecule has 1 aromatic carbocycles. The maximum absolute atomic E-state index is 12.6. The molecule has 0 saturated carbocycles. The molecule has 1 aromatic heterocycles. The molecule has 138 valence electrons. The lowest BCUT2D eigenvalue weighted by Crippen LogP contribution is -2.42. The molecule has 6 nitrogen and oxygen atoms in total. The third kappa shape index (κ3) is 3.83. The number of benzene rings is 1. The van der Waals surface area contributed by atoms with Crippen molar-refractivity contribution in [3.8, 4) is 11.5 Å². The first kappa shape index (κ1) is 18.3. The van der Waals surface area contributed by atoms with Crippen LogP contribution in [0.4, 0.5) is 0 Å². The molecule has 0 spiro atoms. The van der Waals surface area contributed by atoms with E-state index in [0.29, 0.717) is 24.6 Å². The van der Waals surface area contributed by atoms with Gasteiger partial charge >= 0.3 is 5.97 Å². The summed E-state index contributed by atoms with van der Waals surface area (Å²) in [7, 11) is 3.01. The number of hydrogen-bond donors (Lipinski definition) is 0. The Morgan fingerprint density at radius 3 is 2.50 bits per heavy atom. The molecule has 1 aliphatic rings. The summed E-state index contributed by atoms with van der Waals surface area (Å²) in [6.45, 7) is 2.80. The van der Waals surface area contributed by atoms with Crippen LogP contribution in [0.15, 0.2) is 29.6 Å². The first-order chi connectivity index (χ1) is 12.5. The number of fused-ring (bicyclic) bond motifs is 1. The highest BCUT2D eigenvalue weighted by Crippen LogP contribution is 2.25. The fourth-order valence-corrected chi connectivity index (χ4v) is 3.79. The van der Waals surface area contributed by atoms with E-state index in [0.717, 1.165) is 6.42 Å². The van der Waals surface area contributed by atoms with E-state index >= 15 is 0 Å². The number of ether oxygens (including phenoxy) is 3. The van der Waals surface area contributed by atoms with Crippen molar-refractivity contribution in [1.82, 2.24) is 4.90 Å². The van der Waals surface area contributed by atoms with Crippen molar-refractivity contribution in [3.63, 3.8) is 0 Å². The summed E-state index contributed by atoms with van der Waals surface area (Å²) in [6, 6.07) is 6.82. The quantitative estimate of drug-likeness (QED) is 0.752. The predicted octanol–water partition coefficient (Wildman–Crippen LogP) is 2.90. The van der Waals surface area contributed by atoms with Crippen LogP contribution in [0.3, 0.4) is 0 Å². The summed E-state index contributed by atoms with van der Waals surface area (Å²) in [5, 5.41) is 2.04. The van der Waals surface area contributed by atoms with Crippen LogP contribution in [-0.4, -0.2) is 43.6 Å². The van der Waals surface area contributed by atoms with Gasteiger partial charge in [-0.25, -0.2) is 4.79 Å². The molecule has 0 fully saturated rings. The van der Waals surface area contributed by atoms with E-state index in [-0.39, 0.29) is 11.5 Å². The summed E-state index contributed by atoms with van der Waals surface area (Å²) in [4.78, 5) is 28.1. The Labute approximate surface area is 156 Å². The van der Waals surface area contributed by atoms with E-state index in [1.165, 1.54) is 24.7 Å². The highest BCUT2D eigenvalue weighted by molar-refractivity contribution is 7.10. The van der Waals surface area contributed by atoms with Crippen LogP contribution in [0.2, 0.25) is 0 Å². The molecule has 0 radical (unpaired) electrons. The summed E-state index contributed by atoms with van der Waals surface area (Å²) >= 11 is 1.72. The van der Waals surface area contributed by atoms with Crippen LogP contribution in [0.1, 0.15) is 27.7 Å². The van der Waals surface area contributed by atoms with Crippen molar-refractivity contribution in [3.05, 3.63) is 45.6 Å². The number of thiophene rings is 1. The molecule has 7 heteroatoms. The van der Waals surface area contributed by atoms with Crippen molar-refractivity contribution in [2.75, 3.05) is 20.8 Å². The zero-order valence-corrected chi connectivity index (χ0v) is 15.8. The van der Waals surface area contributed by atoms with Gasteiger partial charge in [-0.05, 0) is 42.5 Å². The summed E-state index contributed by atoms with van der Waals surface area (Å²) in [6.07, 6.45) is -0.0214. The van der Waals surface area contributed by atoms with Gasteiger partial charge in [0, 0.05) is 24.0 Å². The van der Waals surface area contributed by atoms with Crippen molar-refractivity contribution in [2.45, 2.75) is 26.0 Å². The zero-order valence-electron chi connectivity index (χ0n) is 15.0. The minimum atomic E-state index is -0.861. The minimum absolute atomic E-state index is 0.190. The molecule has 0 bridgehead atoms. The van der Waals surface area contributed by atoms with E-state index in [9.17, 15) is 9.59 Å². The predicted molar refractivity (Wildman–Crippen MR) is 97.9 cm³/mol. The van der Waals surface area contributed by atoms with Crippen LogP contribution in [-0.2, 0) is 22.5 Å². The minimum Gasteiger partial charge on any atom is -0.497 e. The lowest BCUT2D eigenvalue weighted by Gasteiger charge is -2.29. The van der Waals surface area contributed by atoms with Gasteiger partial charge < -0.3 is 19.1 Å². The van der Waals surface area contributed by atoms with E-state index < -0.39 is 12.1 Å². The second-order valence-corrected chi connectivity index (χ2v) is 7.03. The Morgan fingerprint density at radius 1 is 1.15 bits per heavy atom. The molecule has 26 heavy (non-hydrogen) atoms. The van der Waals surface area contributed by atoms with E-state index in [1.54, 1.807) is 41.4 Å². The molecule has 3 rings (SSSR count). The number of nitrogens with zero attached hydrogens (tertiary/aromatic N) is 1. The molecular weight excluding hydrogens is 354 g/mol. The van der Waals surface area contributed by atoms with Gasteiger partial charge in [0.05, 0.1) is 19.8 Å². The maximum atomic E-state index is 12.6. The Hall–Kier alpha value is -2.54. The number of rotatable bonds is 5. The number of amides is 1. The van der Waals surface area contributed by atoms with Crippen molar-refractivity contribution in [2.24, 2.45) is 0 Å². The number of methoxy groups -OCH3 is 2. The van der Waals surface area contributed by atoms with Gasteiger partial charge in [0.25, 0.3) is 5.91 Å². The maximum Gasteiger partial charge on any atom is 0.339 e. The Kier molecular flexibility index (Phi) is 5.46.